The minimum Gasteiger partial charge on any atom is -0.453 e. The Morgan fingerprint density at radius 3 is 2.66 bits per heavy atom. The average molecular weight is 503 g/mol. The van der Waals surface area contributed by atoms with E-state index >= 15 is 0 Å². The van der Waals surface area contributed by atoms with E-state index in [2.05, 4.69) is 20.4 Å². The number of methoxy groups -OCH3 is 2. The second-order valence-electron chi connectivity index (χ2n) is 8.81. The molecule has 1 aromatic heterocycles. The van der Waals surface area contributed by atoms with Crippen LogP contribution in [-0.2, 0) is 31.6 Å². The SMILES string of the molecule is COC[C@@H]1CNC[C@H](C(=O)N(C2CC2)[C@H](C)c2cc(CCCNC(=O)OC)nc(C(F)(F)F)c2)O1. The molecule has 2 amide bonds. The number of morpholine rings is 1. The van der Waals surface area contributed by atoms with Crippen molar-refractivity contribution >= 4 is 12.0 Å². The first kappa shape index (κ1) is 27.2. The summed E-state index contributed by atoms with van der Waals surface area (Å²) in [5.74, 6) is -0.248. The summed E-state index contributed by atoms with van der Waals surface area (Å²) in [5, 5.41) is 5.67. The maximum absolute atomic E-state index is 13.6. The van der Waals surface area contributed by atoms with Gasteiger partial charge < -0.3 is 29.7 Å². The molecule has 1 aliphatic carbocycles. The minimum absolute atomic E-state index is 0.0425. The summed E-state index contributed by atoms with van der Waals surface area (Å²) < 4.78 is 56.4. The summed E-state index contributed by atoms with van der Waals surface area (Å²) in [6.45, 7) is 3.19. The summed E-state index contributed by atoms with van der Waals surface area (Å²) in [6.07, 6.45) is -4.07. The zero-order chi connectivity index (χ0) is 25.6. The molecule has 0 aromatic carbocycles. The lowest BCUT2D eigenvalue weighted by Crippen LogP contribution is -2.54. The van der Waals surface area contributed by atoms with E-state index in [1.54, 1.807) is 25.0 Å². The van der Waals surface area contributed by atoms with Crippen LogP contribution in [0.5, 0.6) is 0 Å². The fourth-order valence-electron chi connectivity index (χ4n) is 4.16. The second-order valence-corrected chi connectivity index (χ2v) is 8.81. The van der Waals surface area contributed by atoms with E-state index in [1.807, 2.05) is 0 Å². The number of halogens is 3. The monoisotopic (exact) mass is 502 g/mol. The number of aromatic nitrogens is 1. The number of nitrogens with zero attached hydrogens (tertiary/aromatic N) is 2. The first-order valence-electron chi connectivity index (χ1n) is 11.7. The number of rotatable bonds is 10. The molecule has 196 valence electrons. The van der Waals surface area contributed by atoms with Gasteiger partial charge in [-0.3, -0.25) is 4.79 Å². The lowest BCUT2D eigenvalue weighted by Gasteiger charge is -2.36. The molecule has 12 heteroatoms. The number of alkyl halides is 3. The lowest BCUT2D eigenvalue weighted by atomic mass is 10.0. The molecule has 1 aromatic rings. The highest BCUT2D eigenvalue weighted by atomic mass is 19.4. The first-order chi connectivity index (χ1) is 16.6. The van der Waals surface area contributed by atoms with Crippen molar-refractivity contribution in [1.29, 1.82) is 0 Å². The van der Waals surface area contributed by atoms with Crippen molar-refractivity contribution < 1.29 is 37.0 Å². The van der Waals surface area contributed by atoms with Crippen molar-refractivity contribution in [2.75, 3.05) is 40.5 Å². The number of ether oxygens (including phenoxy) is 3. The summed E-state index contributed by atoms with van der Waals surface area (Å²) in [7, 11) is 2.79. The number of pyridine rings is 1. The first-order valence-corrected chi connectivity index (χ1v) is 11.7. The van der Waals surface area contributed by atoms with E-state index in [4.69, 9.17) is 9.47 Å². The predicted molar refractivity (Wildman–Crippen MR) is 120 cm³/mol. The molecule has 1 aliphatic heterocycles. The molecule has 0 unspecified atom stereocenters. The summed E-state index contributed by atoms with van der Waals surface area (Å²) in [5.41, 5.74) is -0.398. The molecule has 2 N–H and O–H groups in total. The van der Waals surface area contributed by atoms with E-state index in [9.17, 15) is 22.8 Å². The van der Waals surface area contributed by atoms with Crippen LogP contribution in [0, 0.1) is 0 Å². The highest BCUT2D eigenvalue weighted by Gasteiger charge is 2.42. The number of hydrogen-bond acceptors (Lipinski definition) is 7. The Balaban J connectivity index is 1.79. The maximum atomic E-state index is 13.6. The number of carbonyl (C=O) groups is 2. The van der Waals surface area contributed by atoms with Crippen molar-refractivity contribution in [2.24, 2.45) is 0 Å². The Labute approximate surface area is 202 Å². The number of amides is 2. The van der Waals surface area contributed by atoms with Crippen molar-refractivity contribution in [3.63, 3.8) is 0 Å². The third-order valence-corrected chi connectivity index (χ3v) is 6.04. The second kappa shape index (κ2) is 12.0. The van der Waals surface area contributed by atoms with Crippen molar-refractivity contribution in [1.82, 2.24) is 20.5 Å². The highest BCUT2D eigenvalue weighted by Crippen LogP contribution is 2.37. The molecule has 2 fully saturated rings. The van der Waals surface area contributed by atoms with Gasteiger partial charge in [-0.15, -0.1) is 0 Å². The molecule has 0 radical (unpaired) electrons. The van der Waals surface area contributed by atoms with Gasteiger partial charge in [0.2, 0.25) is 0 Å². The quantitative estimate of drug-likeness (QED) is 0.474. The third-order valence-electron chi connectivity index (χ3n) is 6.04. The minimum atomic E-state index is -4.63. The van der Waals surface area contributed by atoms with Crippen LogP contribution < -0.4 is 10.6 Å². The van der Waals surface area contributed by atoms with Gasteiger partial charge in [-0.1, -0.05) is 0 Å². The molecule has 2 heterocycles. The van der Waals surface area contributed by atoms with Crippen LogP contribution in [0.1, 0.15) is 49.2 Å². The van der Waals surface area contributed by atoms with Gasteiger partial charge in [0.25, 0.3) is 5.91 Å². The number of aryl methyl sites for hydroxylation is 1. The molecular formula is C23H33F3N4O5. The van der Waals surface area contributed by atoms with E-state index in [-0.39, 0.29) is 36.7 Å². The molecule has 0 bridgehead atoms. The van der Waals surface area contributed by atoms with Crippen LogP contribution in [0.4, 0.5) is 18.0 Å². The summed E-state index contributed by atoms with van der Waals surface area (Å²) in [4.78, 5) is 30.1. The number of hydrogen-bond donors (Lipinski definition) is 2. The van der Waals surface area contributed by atoms with E-state index in [1.165, 1.54) is 7.11 Å². The van der Waals surface area contributed by atoms with Gasteiger partial charge >= 0.3 is 12.3 Å². The largest absolute Gasteiger partial charge is 0.453 e. The third kappa shape index (κ3) is 7.52. The molecule has 0 spiro atoms. The van der Waals surface area contributed by atoms with Gasteiger partial charge in [0, 0.05) is 38.5 Å². The fraction of sp³-hybridized carbons (Fsp3) is 0.696. The Bertz CT molecular complexity index is 879. The van der Waals surface area contributed by atoms with Crippen LogP contribution in [0.3, 0.4) is 0 Å². The Morgan fingerprint density at radius 1 is 1.29 bits per heavy atom. The van der Waals surface area contributed by atoms with Crippen LogP contribution in [0.15, 0.2) is 12.1 Å². The molecular weight excluding hydrogens is 469 g/mol. The van der Waals surface area contributed by atoms with Gasteiger partial charge in [-0.05, 0) is 50.3 Å². The molecule has 3 atom stereocenters. The molecule has 35 heavy (non-hydrogen) atoms. The smallest absolute Gasteiger partial charge is 0.433 e. The standard InChI is InChI=1S/C23H33F3N4O5/c1-14(30(17-6-7-17)21(31)19-12-27-11-18(35-19)13-33-2)15-9-16(5-4-8-28-22(32)34-3)29-20(10-15)23(24,25)26/h9-10,14,17-19,27H,4-8,11-13H2,1-3H3,(H,28,32)/t14-,18+,19-/m1/s1. The van der Waals surface area contributed by atoms with Gasteiger partial charge in [-0.25, -0.2) is 9.78 Å². The van der Waals surface area contributed by atoms with E-state index in [0.717, 1.165) is 18.9 Å². The van der Waals surface area contributed by atoms with Crippen molar-refractivity contribution in [2.45, 2.75) is 63.1 Å². The maximum Gasteiger partial charge on any atom is 0.433 e. The van der Waals surface area contributed by atoms with Crippen LogP contribution in [-0.4, -0.2) is 80.6 Å². The number of alkyl carbamates (subject to hydrolysis) is 1. The predicted octanol–water partition coefficient (Wildman–Crippen LogP) is 2.44. The van der Waals surface area contributed by atoms with Crippen LogP contribution in [0.2, 0.25) is 0 Å². The Morgan fingerprint density at radius 2 is 2.03 bits per heavy atom. The van der Waals surface area contributed by atoms with Crippen molar-refractivity contribution in [3.8, 4) is 0 Å². The normalized spacial score (nSPS) is 21.3. The number of nitrogens with one attached hydrogen (secondary N) is 2. The highest BCUT2D eigenvalue weighted by molar-refractivity contribution is 5.82. The Kier molecular flexibility index (Phi) is 9.31. The van der Waals surface area contributed by atoms with Gasteiger partial charge in [0.15, 0.2) is 0 Å². The van der Waals surface area contributed by atoms with E-state index < -0.39 is 30.1 Å². The molecule has 1 saturated carbocycles. The lowest BCUT2D eigenvalue weighted by molar-refractivity contribution is -0.156. The number of carbonyl (C=O) groups excluding carboxylic acids is 2. The zero-order valence-corrected chi connectivity index (χ0v) is 20.2. The summed E-state index contributed by atoms with van der Waals surface area (Å²) >= 11 is 0. The van der Waals surface area contributed by atoms with Crippen LogP contribution >= 0.6 is 0 Å². The van der Waals surface area contributed by atoms with Gasteiger partial charge in [-0.2, -0.15) is 13.2 Å². The van der Waals surface area contributed by atoms with Gasteiger partial charge in [0.05, 0.1) is 25.9 Å². The van der Waals surface area contributed by atoms with Crippen LogP contribution in [0.25, 0.3) is 0 Å². The molecule has 9 nitrogen and oxygen atoms in total. The summed E-state index contributed by atoms with van der Waals surface area (Å²) in [6, 6.07) is 1.97. The fourth-order valence-corrected chi connectivity index (χ4v) is 4.16. The molecule has 2 aliphatic rings. The van der Waals surface area contributed by atoms with E-state index in [0.29, 0.717) is 31.7 Å². The van der Waals surface area contributed by atoms with Gasteiger partial charge in [0.1, 0.15) is 11.8 Å². The Hall–Kier alpha value is -2.44. The average Bonchev–Trinajstić information content (AvgIpc) is 3.66. The molecule has 3 rings (SSSR count). The van der Waals surface area contributed by atoms with Crippen molar-refractivity contribution in [3.05, 3.63) is 29.1 Å². The molecule has 1 saturated heterocycles. The zero-order valence-electron chi connectivity index (χ0n) is 20.2. The topological polar surface area (TPSA) is 102 Å².